The maximum atomic E-state index is 11.0. The van der Waals surface area contributed by atoms with Crippen molar-refractivity contribution < 1.29 is 14.4 Å². The quantitative estimate of drug-likeness (QED) is 0.918. The second kappa shape index (κ2) is 5.86. The second-order valence-electron chi connectivity index (χ2n) is 3.67. The fourth-order valence-electron chi connectivity index (χ4n) is 1.61. The second-order valence-corrected chi connectivity index (χ2v) is 5.42. The van der Waals surface area contributed by atoms with Gasteiger partial charge in [-0.1, -0.05) is 34.4 Å². The first kappa shape index (κ1) is 14.2. The highest BCUT2D eigenvalue weighted by molar-refractivity contribution is 7.99. The molecule has 0 amide bonds. The number of hydrogen-bond donors (Lipinski definition) is 1. The molecule has 100 valence electrons. The Bertz CT molecular complexity index is 595. The summed E-state index contributed by atoms with van der Waals surface area (Å²) >= 11 is 13.3. The van der Waals surface area contributed by atoms with Crippen LogP contribution < -0.4 is 0 Å². The van der Waals surface area contributed by atoms with E-state index in [0.717, 1.165) is 11.8 Å². The summed E-state index contributed by atoms with van der Waals surface area (Å²) in [7, 11) is 0. The zero-order valence-corrected chi connectivity index (χ0v) is 12.1. The number of carboxylic acids is 1. The summed E-state index contributed by atoms with van der Waals surface area (Å²) in [5, 5.41) is 13.0. The predicted molar refractivity (Wildman–Crippen MR) is 75.9 cm³/mol. The van der Waals surface area contributed by atoms with Crippen LogP contribution in [-0.4, -0.2) is 22.5 Å². The molecular weight excluding hydrogens is 309 g/mol. The van der Waals surface area contributed by atoms with Crippen molar-refractivity contribution in [1.29, 1.82) is 0 Å². The number of rotatable bonds is 4. The average molecular weight is 318 g/mol. The molecule has 1 atom stereocenters. The van der Waals surface area contributed by atoms with Gasteiger partial charge in [-0.15, -0.1) is 11.8 Å². The molecule has 0 unspecified atom stereocenters. The molecular formula is C12H9Cl2NO3S. The zero-order chi connectivity index (χ0) is 14.0. The normalized spacial score (nSPS) is 12.4. The maximum absolute atomic E-state index is 11.0. The van der Waals surface area contributed by atoms with Gasteiger partial charge in [-0.05, 0) is 18.4 Å². The van der Waals surface area contributed by atoms with Crippen molar-refractivity contribution in [2.75, 3.05) is 6.26 Å². The third-order valence-corrected chi connectivity index (χ3v) is 4.00. The van der Waals surface area contributed by atoms with Crippen molar-refractivity contribution >= 4 is 40.9 Å². The lowest BCUT2D eigenvalue weighted by molar-refractivity contribution is -0.136. The van der Waals surface area contributed by atoms with Crippen molar-refractivity contribution in [2.24, 2.45) is 0 Å². The van der Waals surface area contributed by atoms with Crippen LogP contribution in [0.2, 0.25) is 10.0 Å². The standard InChI is InChI=1S/C12H9Cl2NO3S/c1-19-11(12(16)17)9-5-8(15-18-9)10-6(13)3-2-4-7(10)14/h2-5,11H,1H3,(H,16,17)/t11-/m1/s1. The van der Waals surface area contributed by atoms with E-state index in [2.05, 4.69) is 5.16 Å². The number of nitrogens with zero attached hydrogens (tertiary/aromatic N) is 1. The van der Waals surface area contributed by atoms with Crippen molar-refractivity contribution in [3.05, 3.63) is 40.1 Å². The maximum Gasteiger partial charge on any atom is 0.324 e. The van der Waals surface area contributed by atoms with Gasteiger partial charge in [0.25, 0.3) is 0 Å². The van der Waals surface area contributed by atoms with Gasteiger partial charge in [0.15, 0.2) is 11.0 Å². The molecule has 1 aromatic heterocycles. The Balaban J connectivity index is 2.44. The van der Waals surface area contributed by atoms with Crippen LogP contribution in [0.3, 0.4) is 0 Å². The van der Waals surface area contributed by atoms with Gasteiger partial charge >= 0.3 is 5.97 Å². The monoisotopic (exact) mass is 317 g/mol. The fourth-order valence-corrected chi connectivity index (χ4v) is 2.75. The molecule has 7 heteroatoms. The molecule has 0 aliphatic heterocycles. The van der Waals surface area contributed by atoms with E-state index in [1.54, 1.807) is 30.5 Å². The molecule has 1 heterocycles. The van der Waals surface area contributed by atoms with Crippen LogP contribution in [0.4, 0.5) is 0 Å². The molecule has 0 saturated carbocycles. The lowest BCUT2D eigenvalue weighted by Crippen LogP contribution is -2.06. The van der Waals surface area contributed by atoms with Crippen LogP contribution in [0.5, 0.6) is 0 Å². The Labute approximate surface area is 123 Å². The minimum absolute atomic E-state index is 0.256. The number of benzene rings is 1. The fraction of sp³-hybridized carbons (Fsp3) is 0.167. The van der Waals surface area contributed by atoms with E-state index in [9.17, 15) is 4.79 Å². The lowest BCUT2D eigenvalue weighted by atomic mass is 10.1. The highest BCUT2D eigenvalue weighted by Crippen LogP contribution is 2.36. The van der Waals surface area contributed by atoms with Crippen LogP contribution >= 0.6 is 35.0 Å². The molecule has 1 N–H and O–H groups in total. The van der Waals surface area contributed by atoms with Crippen molar-refractivity contribution in [3.8, 4) is 11.3 Å². The minimum Gasteiger partial charge on any atom is -0.480 e. The summed E-state index contributed by atoms with van der Waals surface area (Å²) < 4.78 is 5.07. The third-order valence-electron chi connectivity index (χ3n) is 2.47. The Hall–Kier alpha value is -1.17. The van der Waals surface area contributed by atoms with Crippen molar-refractivity contribution in [2.45, 2.75) is 5.25 Å². The van der Waals surface area contributed by atoms with E-state index in [0.29, 0.717) is 21.3 Å². The molecule has 0 saturated heterocycles. The molecule has 19 heavy (non-hydrogen) atoms. The zero-order valence-electron chi connectivity index (χ0n) is 9.76. The summed E-state index contributed by atoms with van der Waals surface area (Å²) in [5.41, 5.74) is 0.956. The number of carbonyl (C=O) groups is 1. The number of hydrogen-bond acceptors (Lipinski definition) is 4. The summed E-state index contributed by atoms with van der Waals surface area (Å²) in [4.78, 5) is 11.0. The van der Waals surface area contributed by atoms with E-state index in [4.69, 9.17) is 32.8 Å². The molecule has 1 aromatic carbocycles. The Morgan fingerprint density at radius 3 is 2.58 bits per heavy atom. The largest absolute Gasteiger partial charge is 0.480 e. The average Bonchev–Trinajstić information content (AvgIpc) is 2.78. The molecule has 2 rings (SSSR count). The smallest absolute Gasteiger partial charge is 0.324 e. The van der Waals surface area contributed by atoms with E-state index >= 15 is 0 Å². The number of carboxylic acid groups (broad SMARTS) is 1. The first-order chi connectivity index (χ1) is 9.04. The van der Waals surface area contributed by atoms with E-state index < -0.39 is 11.2 Å². The van der Waals surface area contributed by atoms with Crippen LogP contribution in [0.1, 0.15) is 11.0 Å². The molecule has 0 aliphatic carbocycles. The molecule has 4 nitrogen and oxygen atoms in total. The van der Waals surface area contributed by atoms with Gasteiger partial charge in [0.1, 0.15) is 5.69 Å². The highest BCUT2D eigenvalue weighted by atomic mass is 35.5. The molecule has 0 radical (unpaired) electrons. The van der Waals surface area contributed by atoms with Crippen LogP contribution in [-0.2, 0) is 4.79 Å². The van der Waals surface area contributed by atoms with Gasteiger partial charge in [0.2, 0.25) is 0 Å². The Morgan fingerprint density at radius 2 is 2.05 bits per heavy atom. The van der Waals surface area contributed by atoms with Gasteiger partial charge in [0.05, 0.1) is 10.0 Å². The molecule has 0 spiro atoms. The summed E-state index contributed by atoms with van der Waals surface area (Å²) in [6, 6.07) is 6.63. The summed E-state index contributed by atoms with van der Waals surface area (Å²) in [5.74, 6) is -0.730. The third kappa shape index (κ3) is 2.88. The van der Waals surface area contributed by atoms with Crippen LogP contribution in [0, 0.1) is 0 Å². The summed E-state index contributed by atoms with van der Waals surface area (Å²) in [6.07, 6.45) is 1.68. The van der Waals surface area contributed by atoms with Crippen molar-refractivity contribution in [3.63, 3.8) is 0 Å². The number of halogens is 2. The topological polar surface area (TPSA) is 63.3 Å². The first-order valence-corrected chi connectivity index (χ1v) is 7.25. The van der Waals surface area contributed by atoms with Gasteiger partial charge in [0, 0.05) is 11.6 Å². The van der Waals surface area contributed by atoms with Gasteiger partial charge in [-0.2, -0.15) is 0 Å². The van der Waals surface area contributed by atoms with Gasteiger partial charge in [-0.3, -0.25) is 4.79 Å². The Kier molecular flexibility index (Phi) is 4.39. The molecule has 0 fully saturated rings. The minimum atomic E-state index is -0.986. The number of thioether (sulfide) groups is 1. The predicted octanol–water partition coefficient (Wildman–Crippen LogP) is 4.14. The SMILES string of the molecule is CS[C@@H](C(=O)O)c1cc(-c2c(Cl)cccc2Cl)no1. The molecule has 0 aliphatic rings. The highest BCUT2D eigenvalue weighted by Gasteiger charge is 2.24. The van der Waals surface area contributed by atoms with Gasteiger partial charge < -0.3 is 9.63 Å². The number of aliphatic carboxylic acids is 1. The van der Waals surface area contributed by atoms with E-state index in [1.165, 1.54) is 0 Å². The number of aromatic nitrogens is 1. The van der Waals surface area contributed by atoms with Crippen molar-refractivity contribution in [1.82, 2.24) is 5.16 Å². The molecule has 2 aromatic rings. The first-order valence-electron chi connectivity index (χ1n) is 5.21. The van der Waals surface area contributed by atoms with Crippen LogP contribution in [0.25, 0.3) is 11.3 Å². The summed E-state index contributed by atoms with van der Waals surface area (Å²) in [6.45, 7) is 0. The van der Waals surface area contributed by atoms with E-state index in [-0.39, 0.29) is 5.76 Å². The Morgan fingerprint density at radius 1 is 1.42 bits per heavy atom. The van der Waals surface area contributed by atoms with Crippen LogP contribution in [0.15, 0.2) is 28.8 Å². The lowest BCUT2D eigenvalue weighted by Gasteiger charge is -2.03. The van der Waals surface area contributed by atoms with Gasteiger partial charge in [-0.25, -0.2) is 0 Å². The van der Waals surface area contributed by atoms with E-state index in [1.807, 2.05) is 0 Å². The molecule has 0 bridgehead atoms.